The maximum absolute atomic E-state index is 13.6. The van der Waals surface area contributed by atoms with E-state index < -0.39 is 24.3 Å². The molecule has 1 aliphatic heterocycles. The number of halogens is 3. The Kier molecular flexibility index (Phi) is 5.11. The van der Waals surface area contributed by atoms with E-state index in [1.54, 1.807) is 25.3 Å². The molecular weight excluding hydrogens is 349 g/mol. The summed E-state index contributed by atoms with van der Waals surface area (Å²) in [5.41, 5.74) is 2.53. The zero-order valence-corrected chi connectivity index (χ0v) is 13.8. The zero-order chi connectivity index (χ0) is 18.7. The van der Waals surface area contributed by atoms with Gasteiger partial charge in [-0.15, -0.1) is 0 Å². The number of carbonyl (C=O) groups excluding carboxylic acids is 1. The first-order chi connectivity index (χ1) is 12.4. The quantitative estimate of drug-likeness (QED) is 0.795. The summed E-state index contributed by atoms with van der Waals surface area (Å²) in [5.74, 6) is -1.42. The number of amides is 1. The van der Waals surface area contributed by atoms with Crippen LogP contribution < -0.4 is 4.74 Å². The second-order valence-electron chi connectivity index (χ2n) is 5.63. The maximum atomic E-state index is 13.6. The van der Waals surface area contributed by atoms with Crippen molar-refractivity contribution in [3.63, 3.8) is 0 Å². The number of hydrogen-bond acceptors (Lipinski definition) is 4. The fourth-order valence-electron chi connectivity index (χ4n) is 2.53. The number of ether oxygens (including phenoxy) is 2. The number of rotatable bonds is 5. The van der Waals surface area contributed by atoms with Gasteiger partial charge in [0.25, 0.3) is 0 Å². The van der Waals surface area contributed by atoms with Gasteiger partial charge in [-0.2, -0.15) is 8.78 Å². The molecule has 26 heavy (non-hydrogen) atoms. The van der Waals surface area contributed by atoms with Gasteiger partial charge in [0, 0.05) is 24.0 Å². The Morgan fingerprint density at radius 1 is 1.31 bits per heavy atom. The maximum Gasteiger partial charge on any atom is 0.415 e. The molecule has 0 N–H and O–H groups in total. The van der Waals surface area contributed by atoms with E-state index in [-0.39, 0.29) is 6.54 Å². The molecule has 0 bridgehead atoms. The molecule has 136 valence electrons. The predicted molar refractivity (Wildman–Crippen MR) is 87.0 cm³/mol. The smallest absolute Gasteiger partial charge is 0.415 e. The Hall–Kier alpha value is -3.03. The van der Waals surface area contributed by atoms with Gasteiger partial charge in [0.2, 0.25) is 0 Å². The lowest BCUT2D eigenvalue weighted by Gasteiger charge is -2.23. The number of cyclic esters (lactones) is 1. The van der Waals surface area contributed by atoms with Crippen molar-refractivity contribution in [2.24, 2.45) is 0 Å². The molecule has 0 spiro atoms. The van der Waals surface area contributed by atoms with E-state index in [0.29, 0.717) is 23.4 Å². The fourth-order valence-corrected chi connectivity index (χ4v) is 2.53. The standard InChI is InChI=1S/C18H15F3N2O3/c1-11-14(10-23-5-2-6-25-18(23)24)7-13(9-22-11)12-3-4-15(19)16(8-12)26-17(20)21/h2-4,6-9,17H,5,10H2,1H3. The summed E-state index contributed by atoms with van der Waals surface area (Å²) in [5, 5.41) is 0. The zero-order valence-electron chi connectivity index (χ0n) is 13.8. The van der Waals surface area contributed by atoms with Crippen molar-refractivity contribution in [2.45, 2.75) is 20.1 Å². The molecule has 1 aliphatic rings. The molecule has 1 aromatic heterocycles. The number of hydrogen-bond donors (Lipinski definition) is 0. The molecule has 0 saturated heterocycles. The number of benzene rings is 1. The van der Waals surface area contributed by atoms with Crippen LogP contribution in [0.3, 0.4) is 0 Å². The van der Waals surface area contributed by atoms with Crippen LogP contribution in [0.2, 0.25) is 0 Å². The van der Waals surface area contributed by atoms with Crippen molar-refractivity contribution >= 4 is 6.09 Å². The monoisotopic (exact) mass is 364 g/mol. The largest absolute Gasteiger partial charge is 0.432 e. The second kappa shape index (κ2) is 7.47. The molecular formula is C18H15F3N2O3. The summed E-state index contributed by atoms with van der Waals surface area (Å²) in [4.78, 5) is 17.5. The van der Waals surface area contributed by atoms with Crippen molar-refractivity contribution < 1.29 is 27.4 Å². The molecule has 0 unspecified atom stereocenters. The van der Waals surface area contributed by atoms with Crippen LogP contribution >= 0.6 is 0 Å². The van der Waals surface area contributed by atoms with Crippen molar-refractivity contribution in [1.29, 1.82) is 0 Å². The summed E-state index contributed by atoms with van der Waals surface area (Å²) in [6, 6.07) is 5.46. The van der Waals surface area contributed by atoms with E-state index in [1.807, 2.05) is 0 Å². The van der Waals surface area contributed by atoms with Crippen molar-refractivity contribution in [3.05, 3.63) is 59.9 Å². The van der Waals surface area contributed by atoms with E-state index >= 15 is 0 Å². The summed E-state index contributed by atoms with van der Waals surface area (Å²) in [6.07, 6.45) is 4.13. The Morgan fingerprint density at radius 3 is 2.85 bits per heavy atom. The summed E-state index contributed by atoms with van der Waals surface area (Å²) in [6.45, 7) is -0.645. The normalized spacial score (nSPS) is 13.9. The van der Waals surface area contributed by atoms with Crippen LogP contribution in [0.5, 0.6) is 5.75 Å². The van der Waals surface area contributed by atoms with Gasteiger partial charge >= 0.3 is 12.7 Å². The van der Waals surface area contributed by atoms with E-state index in [4.69, 9.17) is 4.74 Å². The Morgan fingerprint density at radius 2 is 2.12 bits per heavy atom. The van der Waals surface area contributed by atoms with Crippen molar-refractivity contribution in [3.8, 4) is 16.9 Å². The highest BCUT2D eigenvalue weighted by molar-refractivity contribution is 5.70. The first kappa shape index (κ1) is 17.8. The number of aromatic nitrogens is 1. The van der Waals surface area contributed by atoms with Gasteiger partial charge < -0.3 is 9.47 Å². The van der Waals surface area contributed by atoms with Gasteiger partial charge in [-0.1, -0.05) is 6.07 Å². The lowest BCUT2D eigenvalue weighted by atomic mass is 10.0. The molecule has 0 atom stereocenters. The van der Waals surface area contributed by atoms with Gasteiger partial charge in [-0.3, -0.25) is 9.88 Å². The molecule has 5 nitrogen and oxygen atoms in total. The van der Waals surface area contributed by atoms with E-state index in [9.17, 15) is 18.0 Å². The Labute approximate surface area is 147 Å². The lowest BCUT2D eigenvalue weighted by molar-refractivity contribution is -0.0521. The third-order valence-corrected chi connectivity index (χ3v) is 3.88. The highest BCUT2D eigenvalue weighted by atomic mass is 19.3. The number of aryl methyl sites for hydroxylation is 1. The topological polar surface area (TPSA) is 51.7 Å². The van der Waals surface area contributed by atoms with Crippen LogP contribution in [0.25, 0.3) is 11.1 Å². The summed E-state index contributed by atoms with van der Waals surface area (Å²) >= 11 is 0. The molecule has 1 aromatic carbocycles. The predicted octanol–water partition coefficient (Wildman–Crippen LogP) is 4.26. The third kappa shape index (κ3) is 3.96. The Bertz CT molecular complexity index is 856. The minimum absolute atomic E-state index is 0.275. The first-order valence-corrected chi connectivity index (χ1v) is 7.75. The van der Waals surface area contributed by atoms with Crippen LogP contribution in [0.4, 0.5) is 18.0 Å². The molecule has 8 heteroatoms. The minimum atomic E-state index is -3.12. The lowest BCUT2D eigenvalue weighted by Crippen LogP contribution is -2.33. The third-order valence-electron chi connectivity index (χ3n) is 3.88. The van der Waals surface area contributed by atoms with E-state index in [2.05, 4.69) is 9.72 Å². The average molecular weight is 364 g/mol. The van der Waals surface area contributed by atoms with Gasteiger partial charge in [0.05, 0.1) is 12.8 Å². The van der Waals surface area contributed by atoms with Crippen LogP contribution in [-0.4, -0.2) is 29.1 Å². The first-order valence-electron chi connectivity index (χ1n) is 7.75. The highest BCUT2D eigenvalue weighted by Gasteiger charge is 2.18. The van der Waals surface area contributed by atoms with Crippen molar-refractivity contribution in [1.82, 2.24) is 9.88 Å². The van der Waals surface area contributed by atoms with Gasteiger partial charge in [0.15, 0.2) is 11.6 Å². The molecule has 2 aromatic rings. The number of carbonyl (C=O) groups is 1. The number of nitrogens with zero attached hydrogens (tertiary/aromatic N) is 2. The number of pyridine rings is 1. The van der Waals surface area contributed by atoms with E-state index in [0.717, 1.165) is 11.6 Å². The Balaban J connectivity index is 1.89. The summed E-state index contributed by atoms with van der Waals surface area (Å²) < 4.78 is 47.4. The number of alkyl halides is 2. The fraction of sp³-hybridized carbons (Fsp3) is 0.222. The van der Waals surface area contributed by atoms with Gasteiger partial charge in [-0.25, -0.2) is 9.18 Å². The molecule has 0 radical (unpaired) electrons. The van der Waals surface area contributed by atoms with Crippen LogP contribution in [0, 0.1) is 12.7 Å². The molecule has 1 amide bonds. The molecule has 3 rings (SSSR count). The van der Waals surface area contributed by atoms with E-state index in [1.165, 1.54) is 23.3 Å². The van der Waals surface area contributed by atoms with Crippen LogP contribution in [0.1, 0.15) is 11.3 Å². The average Bonchev–Trinajstić information content (AvgIpc) is 2.60. The highest BCUT2D eigenvalue weighted by Crippen LogP contribution is 2.28. The van der Waals surface area contributed by atoms with Gasteiger partial charge in [-0.05, 0) is 42.3 Å². The molecule has 2 heterocycles. The van der Waals surface area contributed by atoms with Crippen LogP contribution in [0.15, 0.2) is 42.8 Å². The molecule has 0 aliphatic carbocycles. The van der Waals surface area contributed by atoms with Gasteiger partial charge in [0.1, 0.15) is 0 Å². The molecule has 0 saturated carbocycles. The van der Waals surface area contributed by atoms with Crippen LogP contribution in [-0.2, 0) is 11.3 Å². The molecule has 0 fully saturated rings. The minimum Gasteiger partial charge on any atom is -0.432 e. The summed E-state index contributed by atoms with van der Waals surface area (Å²) in [7, 11) is 0. The SMILES string of the molecule is Cc1ncc(-c2ccc(F)c(OC(F)F)c2)cc1CN1CC=COC1=O. The van der Waals surface area contributed by atoms with Crippen molar-refractivity contribution in [2.75, 3.05) is 6.54 Å². The second-order valence-corrected chi connectivity index (χ2v) is 5.63.